The second-order valence-electron chi connectivity index (χ2n) is 4.68. The molecule has 0 amide bonds. The Bertz CT molecular complexity index is 797. The third-order valence-corrected chi connectivity index (χ3v) is 3.67. The Kier molecular flexibility index (Phi) is 3.30. The Morgan fingerprint density at radius 3 is 2.71 bits per heavy atom. The number of rotatable bonds is 2. The van der Waals surface area contributed by atoms with Crippen LogP contribution in [0.25, 0.3) is 11.2 Å². The van der Waals surface area contributed by atoms with Gasteiger partial charge in [0.15, 0.2) is 22.2 Å². The van der Waals surface area contributed by atoms with Crippen molar-refractivity contribution >= 4 is 29.3 Å². The molecule has 0 saturated carbocycles. The molecular formula is C10H13N5O5S. The van der Waals surface area contributed by atoms with Gasteiger partial charge in [-0.1, -0.05) is 0 Å². The van der Waals surface area contributed by atoms with E-state index in [2.05, 4.69) is 15.0 Å². The van der Waals surface area contributed by atoms with Crippen molar-refractivity contribution in [3.63, 3.8) is 0 Å². The third-order valence-electron chi connectivity index (χ3n) is 3.37. The molecule has 1 aliphatic rings. The van der Waals surface area contributed by atoms with Crippen LogP contribution in [0.2, 0.25) is 0 Å². The van der Waals surface area contributed by atoms with Crippen molar-refractivity contribution in [2.24, 2.45) is 0 Å². The second-order valence-corrected chi connectivity index (χ2v) is 5.07. The summed E-state index contributed by atoms with van der Waals surface area (Å²) in [6.45, 7) is -0.472. The minimum Gasteiger partial charge on any atom is -0.394 e. The van der Waals surface area contributed by atoms with Gasteiger partial charge in [0.2, 0.25) is 5.95 Å². The van der Waals surface area contributed by atoms with Crippen molar-refractivity contribution in [2.75, 3.05) is 12.3 Å². The number of aromatic amines is 2. The van der Waals surface area contributed by atoms with Crippen LogP contribution in [0.15, 0.2) is 4.79 Å². The zero-order chi connectivity index (χ0) is 15.3. The summed E-state index contributed by atoms with van der Waals surface area (Å²) in [4.78, 5) is 20.7. The molecule has 11 heteroatoms. The Morgan fingerprint density at radius 1 is 1.38 bits per heavy atom. The highest BCUT2D eigenvalue weighted by molar-refractivity contribution is 7.71. The number of nitrogen functional groups attached to an aromatic ring is 1. The number of fused-ring (bicyclic) bond motifs is 1. The topological polar surface area (TPSA) is 162 Å². The van der Waals surface area contributed by atoms with Crippen molar-refractivity contribution in [2.45, 2.75) is 24.5 Å². The van der Waals surface area contributed by atoms with Gasteiger partial charge in [-0.05, 0) is 12.2 Å². The minimum absolute atomic E-state index is 0.0726. The molecule has 0 spiro atoms. The first-order valence-electron chi connectivity index (χ1n) is 6.06. The first-order valence-corrected chi connectivity index (χ1v) is 6.47. The van der Waals surface area contributed by atoms with E-state index in [1.165, 1.54) is 4.57 Å². The lowest BCUT2D eigenvalue weighted by atomic mass is 10.1. The average Bonchev–Trinajstić information content (AvgIpc) is 2.89. The fourth-order valence-electron chi connectivity index (χ4n) is 2.36. The Morgan fingerprint density at radius 2 is 2.10 bits per heavy atom. The number of aliphatic hydroxyl groups is 3. The Labute approximate surface area is 121 Å². The fourth-order valence-corrected chi connectivity index (χ4v) is 2.65. The molecule has 7 N–H and O–H groups in total. The van der Waals surface area contributed by atoms with Gasteiger partial charge in [0, 0.05) is 0 Å². The van der Waals surface area contributed by atoms with E-state index >= 15 is 0 Å². The molecule has 0 bridgehead atoms. The normalized spacial score (nSPS) is 29.3. The van der Waals surface area contributed by atoms with Gasteiger partial charge < -0.3 is 30.8 Å². The highest BCUT2D eigenvalue weighted by atomic mass is 32.1. The monoisotopic (exact) mass is 315 g/mol. The van der Waals surface area contributed by atoms with Gasteiger partial charge in [-0.3, -0.25) is 14.3 Å². The summed E-state index contributed by atoms with van der Waals surface area (Å²) in [6.07, 6.45) is -4.68. The highest BCUT2D eigenvalue weighted by Gasteiger charge is 2.44. The van der Waals surface area contributed by atoms with Crippen LogP contribution in [-0.4, -0.2) is 59.8 Å². The molecule has 0 aliphatic carbocycles. The third kappa shape index (κ3) is 2.06. The maximum atomic E-state index is 11.8. The molecule has 0 radical (unpaired) electrons. The largest absolute Gasteiger partial charge is 0.394 e. The summed E-state index contributed by atoms with van der Waals surface area (Å²) in [5, 5.41) is 28.9. The molecule has 1 fully saturated rings. The lowest BCUT2D eigenvalue weighted by molar-refractivity contribution is -0.0516. The van der Waals surface area contributed by atoms with Crippen LogP contribution >= 0.6 is 12.2 Å². The highest BCUT2D eigenvalue weighted by Crippen LogP contribution is 2.31. The Balaban J connectivity index is 2.20. The van der Waals surface area contributed by atoms with E-state index in [-0.39, 0.29) is 21.9 Å². The van der Waals surface area contributed by atoms with Crippen LogP contribution in [0.5, 0.6) is 0 Å². The fraction of sp³-hybridized carbons (Fsp3) is 0.500. The molecular weight excluding hydrogens is 302 g/mol. The molecule has 3 rings (SSSR count). The molecule has 3 heterocycles. The number of imidazole rings is 1. The van der Waals surface area contributed by atoms with Crippen molar-refractivity contribution in [3.05, 3.63) is 15.1 Å². The van der Waals surface area contributed by atoms with Crippen LogP contribution in [-0.2, 0) is 4.74 Å². The molecule has 1 saturated heterocycles. The number of nitrogens with two attached hydrogens (primary N) is 1. The van der Waals surface area contributed by atoms with Crippen LogP contribution in [0.3, 0.4) is 0 Å². The number of ether oxygens (including phenoxy) is 1. The van der Waals surface area contributed by atoms with E-state index in [0.29, 0.717) is 0 Å². The minimum atomic E-state index is -1.34. The number of nitrogens with one attached hydrogen (secondary N) is 2. The van der Waals surface area contributed by atoms with Gasteiger partial charge in [0.1, 0.15) is 18.3 Å². The summed E-state index contributed by atoms with van der Waals surface area (Å²) in [5.41, 5.74) is 5.15. The van der Waals surface area contributed by atoms with Gasteiger partial charge in [0.25, 0.3) is 5.56 Å². The van der Waals surface area contributed by atoms with E-state index in [4.69, 9.17) is 27.8 Å². The summed E-state index contributed by atoms with van der Waals surface area (Å²) in [7, 11) is 0. The van der Waals surface area contributed by atoms with Crippen molar-refractivity contribution < 1.29 is 20.1 Å². The molecule has 10 nitrogen and oxygen atoms in total. The average molecular weight is 315 g/mol. The van der Waals surface area contributed by atoms with E-state index in [0.717, 1.165) is 0 Å². The SMILES string of the molecule is Nc1nc2c([nH]c(=S)n2[C@@H]2O[C@H](CO)[C@@H](O)[C@H]2O)c(=O)[nH]1. The second kappa shape index (κ2) is 4.89. The number of hydrogen-bond donors (Lipinski definition) is 6. The molecule has 2 aromatic rings. The molecule has 0 unspecified atom stereocenters. The first kappa shape index (κ1) is 14.2. The van der Waals surface area contributed by atoms with Crippen molar-refractivity contribution in [3.8, 4) is 0 Å². The van der Waals surface area contributed by atoms with Crippen LogP contribution < -0.4 is 11.3 Å². The Hall–Kier alpha value is -1.79. The summed E-state index contributed by atoms with van der Waals surface area (Å²) in [5.74, 6) is -0.123. The van der Waals surface area contributed by atoms with Gasteiger partial charge >= 0.3 is 0 Å². The molecule has 1 aliphatic heterocycles. The standard InChI is InChI=1S/C10H13N5O5S/c11-9-13-6-3(7(19)14-9)12-10(21)15(6)8-5(18)4(17)2(1-16)20-8/h2,4-5,8,16-18H,1H2,(H,12,21)(H3,11,13,14,19)/t2-,4-,5-,8-/m1/s1. The molecule has 0 aromatic carbocycles. The van der Waals surface area contributed by atoms with E-state index < -0.39 is 36.7 Å². The lowest BCUT2D eigenvalue weighted by Crippen LogP contribution is -2.33. The molecule has 4 atom stereocenters. The number of anilines is 1. The van der Waals surface area contributed by atoms with Gasteiger partial charge in [0.05, 0.1) is 6.61 Å². The molecule has 114 valence electrons. The summed E-state index contributed by atoms with van der Waals surface area (Å²) >= 11 is 5.10. The predicted molar refractivity (Wildman–Crippen MR) is 73.0 cm³/mol. The summed E-state index contributed by atoms with van der Waals surface area (Å²) < 4.78 is 6.70. The van der Waals surface area contributed by atoms with Crippen LogP contribution in [0.4, 0.5) is 5.95 Å². The summed E-state index contributed by atoms with van der Waals surface area (Å²) in [6, 6.07) is 0. The predicted octanol–water partition coefficient (Wildman–Crippen LogP) is -2.02. The number of hydrogen-bond acceptors (Lipinski definition) is 8. The van der Waals surface area contributed by atoms with E-state index in [9.17, 15) is 15.0 Å². The lowest BCUT2D eigenvalue weighted by Gasteiger charge is -2.16. The molecule has 21 heavy (non-hydrogen) atoms. The zero-order valence-corrected chi connectivity index (χ0v) is 11.4. The maximum absolute atomic E-state index is 11.8. The number of aromatic nitrogens is 4. The van der Waals surface area contributed by atoms with E-state index in [1.807, 2.05) is 0 Å². The quantitative estimate of drug-likeness (QED) is 0.346. The van der Waals surface area contributed by atoms with Crippen LogP contribution in [0, 0.1) is 4.77 Å². The number of H-pyrrole nitrogens is 2. The number of aliphatic hydroxyl groups excluding tert-OH is 3. The van der Waals surface area contributed by atoms with Crippen molar-refractivity contribution in [1.29, 1.82) is 0 Å². The van der Waals surface area contributed by atoms with Crippen LogP contribution in [0.1, 0.15) is 6.23 Å². The first-order chi connectivity index (χ1) is 9.93. The number of nitrogens with zero attached hydrogens (tertiary/aromatic N) is 2. The molecule has 2 aromatic heterocycles. The van der Waals surface area contributed by atoms with E-state index in [1.54, 1.807) is 0 Å². The van der Waals surface area contributed by atoms with Gasteiger partial charge in [-0.15, -0.1) is 0 Å². The maximum Gasteiger partial charge on any atom is 0.278 e. The van der Waals surface area contributed by atoms with Gasteiger partial charge in [-0.25, -0.2) is 0 Å². The van der Waals surface area contributed by atoms with Crippen molar-refractivity contribution in [1.82, 2.24) is 19.5 Å². The zero-order valence-electron chi connectivity index (χ0n) is 10.6. The smallest absolute Gasteiger partial charge is 0.278 e. The van der Waals surface area contributed by atoms with Gasteiger partial charge in [-0.2, -0.15) is 4.98 Å².